The summed E-state index contributed by atoms with van der Waals surface area (Å²) in [5.41, 5.74) is 12.1. The van der Waals surface area contributed by atoms with E-state index in [9.17, 15) is 4.79 Å². The maximum atomic E-state index is 13.4. The number of aromatic amines is 1. The Morgan fingerprint density at radius 3 is 2.53 bits per heavy atom. The molecule has 34 heavy (non-hydrogen) atoms. The van der Waals surface area contributed by atoms with Crippen LogP contribution in [0.1, 0.15) is 31.2 Å². The summed E-state index contributed by atoms with van der Waals surface area (Å²) >= 11 is 0. The molecule has 0 bridgehead atoms. The van der Waals surface area contributed by atoms with Gasteiger partial charge < -0.3 is 4.90 Å². The third-order valence-electron chi connectivity index (χ3n) is 6.61. The van der Waals surface area contributed by atoms with E-state index in [-0.39, 0.29) is 11.6 Å². The highest BCUT2D eigenvalue weighted by atomic mass is 16.2. The Morgan fingerprint density at radius 1 is 1.09 bits per heavy atom. The summed E-state index contributed by atoms with van der Waals surface area (Å²) in [6, 6.07) is 14.1. The molecule has 3 aromatic heterocycles. The van der Waals surface area contributed by atoms with Gasteiger partial charge in [-0.1, -0.05) is 37.3 Å². The lowest BCUT2D eigenvalue weighted by atomic mass is 9.99. The van der Waals surface area contributed by atoms with Crippen LogP contribution in [0, 0.1) is 19.8 Å². The van der Waals surface area contributed by atoms with Gasteiger partial charge in [-0.25, -0.2) is 9.78 Å². The molecule has 1 aromatic carbocycles. The number of aromatic nitrogens is 5. The molecule has 1 atom stereocenters. The highest BCUT2D eigenvalue weighted by Crippen LogP contribution is 2.32. The van der Waals surface area contributed by atoms with Crippen molar-refractivity contribution in [2.24, 2.45) is 5.92 Å². The fraction of sp³-hybridized carbons (Fsp3) is 0.385. The van der Waals surface area contributed by atoms with Gasteiger partial charge in [-0.05, 0) is 56.8 Å². The standard InChI is InChI=1S/C26H31N7O/c1-17-8-7-11-31(16-17)12-13-32-26(34)33-24(30-32)22(21-14-18(2)28-19(3)15-21)23(29-25(33)27)20-9-5-4-6-10-20/h4-6,9-10,14-15,17H,7-8,11-13,16H2,1-3H3,(H2,27,29)/p+1. The monoisotopic (exact) mass is 458 g/mol. The van der Waals surface area contributed by atoms with Crippen LogP contribution < -0.4 is 16.4 Å². The Bertz CT molecular complexity index is 1370. The molecule has 0 spiro atoms. The zero-order valence-corrected chi connectivity index (χ0v) is 20.1. The lowest BCUT2D eigenvalue weighted by Crippen LogP contribution is -2.38. The fourth-order valence-electron chi connectivity index (χ4n) is 5.09. The molecule has 1 unspecified atom stereocenters. The number of H-pyrrole nitrogens is 1. The number of rotatable bonds is 5. The molecule has 0 aliphatic carbocycles. The van der Waals surface area contributed by atoms with Gasteiger partial charge in [0.05, 0.1) is 12.1 Å². The van der Waals surface area contributed by atoms with Crippen LogP contribution in [0.4, 0.5) is 5.95 Å². The first-order chi connectivity index (χ1) is 16.4. The molecule has 3 N–H and O–H groups in total. The minimum Gasteiger partial charge on any atom is -0.301 e. The van der Waals surface area contributed by atoms with Crippen LogP contribution >= 0.6 is 0 Å². The number of piperidine rings is 1. The van der Waals surface area contributed by atoms with Gasteiger partial charge in [0.2, 0.25) is 5.65 Å². The topological polar surface area (TPSA) is 95.6 Å². The average molecular weight is 459 g/mol. The van der Waals surface area contributed by atoms with Gasteiger partial charge >= 0.3 is 11.6 Å². The summed E-state index contributed by atoms with van der Waals surface area (Å²) in [7, 11) is 0. The molecule has 176 valence electrons. The Morgan fingerprint density at radius 2 is 1.82 bits per heavy atom. The molecule has 1 aliphatic heterocycles. The first-order valence-electron chi connectivity index (χ1n) is 12.0. The van der Waals surface area contributed by atoms with E-state index in [4.69, 9.17) is 10.8 Å². The number of nitrogens with two attached hydrogens (primary N) is 1. The number of fused-ring (bicyclic) bond motifs is 1. The molecule has 8 nitrogen and oxygen atoms in total. The zero-order valence-electron chi connectivity index (χ0n) is 20.1. The zero-order chi connectivity index (χ0) is 23.8. The normalized spacial score (nSPS) is 16.9. The van der Waals surface area contributed by atoms with E-state index in [2.05, 4.69) is 21.8 Å². The quantitative estimate of drug-likeness (QED) is 0.496. The lowest BCUT2D eigenvalue weighted by molar-refractivity contribution is -0.351. The van der Waals surface area contributed by atoms with Crippen LogP contribution in [-0.2, 0) is 6.54 Å². The molecule has 8 heteroatoms. The first-order valence-corrected chi connectivity index (χ1v) is 12.0. The summed E-state index contributed by atoms with van der Waals surface area (Å²) in [6.07, 6.45) is 2.47. The molecule has 1 fully saturated rings. The number of nitrogens with one attached hydrogen (secondary N) is 1. The van der Waals surface area contributed by atoms with Crippen molar-refractivity contribution >= 4 is 11.6 Å². The molecule has 0 radical (unpaired) electrons. The Labute approximate surface area is 199 Å². The van der Waals surface area contributed by atoms with Gasteiger partial charge in [0, 0.05) is 30.0 Å². The summed E-state index contributed by atoms with van der Waals surface area (Å²) in [6.45, 7) is 9.70. The molecule has 0 saturated carbocycles. The van der Waals surface area contributed by atoms with Crippen LogP contribution in [0.5, 0.6) is 0 Å². The molecular formula is C26H32N7O+. The van der Waals surface area contributed by atoms with Gasteiger partial charge in [0.15, 0.2) is 0 Å². The van der Waals surface area contributed by atoms with E-state index in [1.807, 2.05) is 56.3 Å². The highest BCUT2D eigenvalue weighted by Gasteiger charge is 2.26. The first kappa shape index (κ1) is 22.3. The largest absolute Gasteiger partial charge is 0.411 e. The van der Waals surface area contributed by atoms with Crippen molar-refractivity contribution < 1.29 is 4.98 Å². The third kappa shape index (κ3) is 4.21. The molecule has 4 heterocycles. The predicted octanol–water partition coefficient (Wildman–Crippen LogP) is 2.97. The van der Waals surface area contributed by atoms with Crippen molar-refractivity contribution in [3.8, 4) is 22.4 Å². The van der Waals surface area contributed by atoms with E-state index >= 15 is 0 Å². The van der Waals surface area contributed by atoms with Crippen LogP contribution in [-0.4, -0.2) is 43.7 Å². The molecule has 1 aliphatic rings. The summed E-state index contributed by atoms with van der Waals surface area (Å²) in [5, 5.41) is 4.82. The van der Waals surface area contributed by atoms with E-state index < -0.39 is 0 Å². The van der Waals surface area contributed by atoms with Crippen LogP contribution in [0.2, 0.25) is 0 Å². The maximum Gasteiger partial charge on any atom is 0.411 e. The highest BCUT2D eigenvalue weighted by molar-refractivity contribution is 5.88. The Kier molecular flexibility index (Phi) is 5.91. The van der Waals surface area contributed by atoms with E-state index in [0.29, 0.717) is 18.1 Å². The van der Waals surface area contributed by atoms with Crippen molar-refractivity contribution in [3.63, 3.8) is 0 Å². The summed E-state index contributed by atoms with van der Waals surface area (Å²) in [4.78, 5) is 23.6. The SMILES string of the molecule is Cc1cc(-c2c(-c3ccccc3)[nH+]c(N)n3c(=O)n(CCN4CCCC(C)C4)nc23)cc(C)n1. The van der Waals surface area contributed by atoms with Crippen molar-refractivity contribution in [3.05, 3.63) is 64.3 Å². The number of nitrogen functional groups attached to an aromatic ring is 1. The second-order valence-electron chi connectivity index (χ2n) is 9.48. The second-order valence-corrected chi connectivity index (χ2v) is 9.48. The molecule has 1 saturated heterocycles. The number of hydrogen-bond donors (Lipinski definition) is 1. The number of pyridine rings is 1. The minimum atomic E-state index is -0.225. The van der Waals surface area contributed by atoms with Crippen molar-refractivity contribution in [2.75, 3.05) is 25.4 Å². The van der Waals surface area contributed by atoms with Gasteiger partial charge in [0.1, 0.15) is 5.69 Å². The lowest BCUT2D eigenvalue weighted by Gasteiger charge is -2.30. The van der Waals surface area contributed by atoms with Gasteiger partial charge in [0.25, 0.3) is 0 Å². The Hall–Kier alpha value is -3.52. The van der Waals surface area contributed by atoms with Crippen LogP contribution in [0.25, 0.3) is 28.0 Å². The van der Waals surface area contributed by atoms with Gasteiger partial charge in [-0.2, -0.15) is 4.68 Å². The number of benzene rings is 1. The van der Waals surface area contributed by atoms with Gasteiger partial charge in [-0.15, -0.1) is 9.50 Å². The molecule has 0 amide bonds. The maximum absolute atomic E-state index is 13.4. The smallest absolute Gasteiger partial charge is 0.301 e. The van der Waals surface area contributed by atoms with Crippen molar-refractivity contribution in [1.29, 1.82) is 0 Å². The number of nitrogens with zero attached hydrogens (tertiary/aromatic N) is 5. The minimum absolute atomic E-state index is 0.225. The Balaban J connectivity index is 1.67. The van der Waals surface area contributed by atoms with Crippen LogP contribution in [0.3, 0.4) is 0 Å². The van der Waals surface area contributed by atoms with Crippen LogP contribution in [0.15, 0.2) is 47.3 Å². The van der Waals surface area contributed by atoms with E-state index in [1.165, 1.54) is 17.2 Å². The molecule has 4 aromatic rings. The molecular weight excluding hydrogens is 426 g/mol. The average Bonchev–Trinajstić information content (AvgIpc) is 3.14. The van der Waals surface area contributed by atoms with E-state index in [0.717, 1.165) is 53.4 Å². The van der Waals surface area contributed by atoms with Gasteiger partial charge in [-0.3, -0.25) is 10.7 Å². The number of likely N-dealkylation sites (tertiary alicyclic amines) is 1. The second kappa shape index (κ2) is 9.02. The summed E-state index contributed by atoms with van der Waals surface area (Å²) in [5.74, 6) is 0.956. The van der Waals surface area contributed by atoms with E-state index in [1.54, 1.807) is 4.68 Å². The number of aryl methyl sites for hydroxylation is 2. The van der Waals surface area contributed by atoms with Crippen molar-refractivity contribution in [2.45, 2.75) is 40.2 Å². The predicted molar refractivity (Wildman–Crippen MR) is 133 cm³/mol. The summed E-state index contributed by atoms with van der Waals surface area (Å²) < 4.78 is 3.05. The third-order valence-corrected chi connectivity index (χ3v) is 6.61. The van der Waals surface area contributed by atoms with Crippen molar-refractivity contribution in [1.82, 2.24) is 24.1 Å². The fourth-order valence-corrected chi connectivity index (χ4v) is 5.09. The number of anilines is 1. The number of hydrogen-bond acceptors (Lipinski definition) is 5. The molecule has 5 rings (SSSR count).